The summed E-state index contributed by atoms with van der Waals surface area (Å²) in [7, 11) is 2.06. The monoisotopic (exact) mass is 553 g/mol. The number of likely N-dealkylation sites (tertiary alicyclic amines) is 1. The van der Waals surface area contributed by atoms with Gasteiger partial charge in [-0.3, -0.25) is 14.2 Å². The zero-order chi connectivity index (χ0) is 28.6. The first kappa shape index (κ1) is 29.1. The van der Waals surface area contributed by atoms with Gasteiger partial charge in [0.1, 0.15) is 5.52 Å². The third kappa shape index (κ3) is 7.38. The van der Waals surface area contributed by atoms with Crippen molar-refractivity contribution in [1.29, 1.82) is 0 Å². The Morgan fingerprint density at radius 1 is 1.20 bits per heavy atom. The lowest BCUT2D eigenvalue weighted by Crippen LogP contribution is -2.42. The van der Waals surface area contributed by atoms with E-state index in [1.54, 1.807) is 6.07 Å². The van der Waals surface area contributed by atoms with Crippen LogP contribution >= 0.6 is 0 Å². The number of nitrogens with two attached hydrogens (primary N) is 1. The number of carboxylic acid groups (broad SMARTS) is 1. The van der Waals surface area contributed by atoms with Gasteiger partial charge in [-0.2, -0.15) is 9.97 Å². The lowest BCUT2D eigenvalue weighted by Gasteiger charge is -2.32. The Bertz CT molecular complexity index is 1380. The number of benzene rings is 1. The zero-order valence-corrected chi connectivity index (χ0v) is 23.3. The molecule has 1 aliphatic rings. The van der Waals surface area contributed by atoms with Crippen LogP contribution in [0, 0.1) is 5.92 Å². The summed E-state index contributed by atoms with van der Waals surface area (Å²) in [5, 5.41) is 9.19. The number of fused-ring (bicyclic) bond motifs is 1. The van der Waals surface area contributed by atoms with E-state index in [4.69, 9.17) is 10.5 Å². The van der Waals surface area contributed by atoms with E-state index in [1.165, 1.54) is 4.57 Å². The Kier molecular flexibility index (Phi) is 9.75. The second kappa shape index (κ2) is 13.4. The molecule has 1 aromatic carbocycles. The van der Waals surface area contributed by atoms with Crippen LogP contribution in [0.5, 0.6) is 6.01 Å². The molecule has 4 rings (SSSR count). The molecule has 216 valence electrons. The van der Waals surface area contributed by atoms with Crippen LogP contribution in [0.25, 0.3) is 11.2 Å². The molecule has 3 heterocycles. The maximum atomic E-state index is 13.6. The van der Waals surface area contributed by atoms with Gasteiger partial charge < -0.3 is 30.4 Å². The van der Waals surface area contributed by atoms with Crippen molar-refractivity contribution >= 4 is 28.9 Å². The summed E-state index contributed by atoms with van der Waals surface area (Å²) in [6.07, 6.45) is 3.84. The summed E-state index contributed by atoms with van der Waals surface area (Å²) in [4.78, 5) is 53.0. The van der Waals surface area contributed by atoms with Crippen molar-refractivity contribution in [1.82, 2.24) is 29.3 Å². The Labute approximate surface area is 233 Å². The van der Waals surface area contributed by atoms with Crippen LogP contribution in [-0.4, -0.2) is 79.6 Å². The van der Waals surface area contributed by atoms with E-state index in [0.29, 0.717) is 49.4 Å². The van der Waals surface area contributed by atoms with Crippen LogP contribution in [0.4, 0.5) is 5.82 Å². The number of hydrogen-bond acceptors (Lipinski definition) is 8. The normalized spacial score (nSPS) is 14.4. The number of H-pyrrole nitrogens is 1. The largest absolute Gasteiger partial charge is 0.481 e. The van der Waals surface area contributed by atoms with Crippen LogP contribution in [0.15, 0.2) is 29.1 Å². The molecule has 40 heavy (non-hydrogen) atoms. The molecule has 0 saturated carbocycles. The number of nitrogens with zero attached hydrogens (tertiary/aromatic N) is 5. The number of ether oxygens (including phenoxy) is 1. The van der Waals surface area contributed by atoms with Crippen LogP contribution in [-0.2, 0) is 29.1 Å². The van der Waals surface area contributed by atoms with Crippen molar-refractivity contribution in [3.63, 3.8) is 0 Å². The van der Waals surface area contributed by atoms with Crippen molar-refractivity contribution < 1.29 is 19.4 Å². The third-order valence-corrected chi connectivity index (χ3v) is 7.27. The smallest absolute Gasteiger partial charge is 0.327 e. The number of aromatic nitrogens is 4. The van der Waals surface area contributed by atoms with Gasteiger partial charge >= 0.3 is 17.7 Å². The third-order valence-electron chi connectivity index (χ3n) is 7.27. The number of carboxylic acids is 1. The fourth-order valence-electron chi connectivity index (χ4n) is 5.04. The summed E-state index contributed by atoms with van der Waals surface area (Å²) >= 11 is 0. The molecule has 1 fully saturated rings. The number of unbranched alkanes of at least 4 members (excludes halogenated alkanes) is 1. The van der Waals surface area contributed by atoms with Crippen molar-refractivity contribution in [2.75, 3.05) is 39.0 Å². The average molecular weight is 554 g/mol. The summed E-state index contributed by atoms with van der Waals surface area (Å²) in [6, 6.07) is 7.48. The predicted octanol–water partition coefficient (Wildman–Crippen LogP) is 2.27. The fraction of sp³-hybridized carbons (Fsp3) is 0.536. The van der Waals surface area contributed by atoms with E-state index in [1.807, 2.05) is 23.1 Å². The number of piperidine rings is 1. The van der Waals surface area contributed by atoms with E-state index in [2.05, 4.69) is 33.8 Å². The topological polar surface area (TPSA) is 160 Å². The first-order chi connectivity index (χ1) is 19.2. The van der Waals surface area contributed by atoms with Crippen molar-refractivity contribution in [2.24, 2.45) is 5.92 Å². The number of imidazole rings is 1. The highest BCUT2D eigenvalue weighted by atomic mass is 16.5. The van der Waals surface area contributed by atoms with Gasteiger partial charge in [0.2, 0.25) is 5.91 Å². The number of nitrogens with one attached hydrogen (secondary N) is 1. The second-order valence-electron chi connectivity index (χ2n) is 10.5. The molecule has 2 aromatic heterocycles. The molecule has 0 radical (unpaired) electrons. The van der Waals surface area contributed by atoms with Crippen LogP contribution in [0.2, 0.25) is 0 Å². The second-order valence-corrected chi connectivity index (χ2v) is 10.5. The van der Waals surface area contributed by atoms with Crippen molar-refractivity contribution in [3.8, 4) is 6.01 Å². The maximum Gasteiger partial charge on any atom is 0.327 e. The lowest BCUT2D eigenvalue weighted by molar-refractivity contribution is -0.138. The van der Waals surface area contributed by atoms with E-state index >= 15 is 0 Å². The number of nitrogen functional groups attached to an aromatic ring is 1. The number of aromatic amines is 1. The highest BCUT2D eigenvalue weighted by molar-refractivity contribution is 5.82. The summed E-state index contributed by atoms with van der Waals surface area (Å²) < 4.78 is 7.13. The minimum Gasteiger partial charge on any atom is -0.481 e. The molecule has 1 saturated heterocycles. The minimum atomic E-state index is -0.899. The molecule has 0 atom stereocenters. The standard InChI is InChI=1S/C28H39N7O5/c1-3-4-15-40-27-31-24(29)23-25(32-27)35(28(39)30-23)12-6-11-34(26(38)21-9-13-33(2)14-10-21)18-20-8-5-7-19(16-20)17-22(36)37/h5,7-8,16,21H,3-4,6,9-15,17-18H2,1-2H3,(H,30,39)(H,36,37)(H2,29,31,32). The van der Waals surface area contributed by atoms with Gasteiger partial charge in [-0.25, -0.2) is 4.79 Å². The van der Waals surface area contributed by atoms with Gasteiger partial charge in [0, 0.05) is 25.6 Å². The highest BCUT2D eigenvalue weighted by Crippen LogP contribution is 2.22. The number of carbonyl (C=O) groups is 2. The Balaban J connectivity index is 1.51. The molecule has 4 N–H and O–H groups in total. The molecular weight excluding hydrogens is 514 g/mol. The van der Waals surface area contributed by atoms with Crippen molar-refractivity contribution in [3.05, 3.63) is 45.9 Å². The van der Waals surface area contributed by atoms with Gasteiger partial charge in [-0.1, -0.05) is 37.6 Å². The van der Waals surface area contributed by atoms with E-state index in [0.717, 1.165) is 44.3 Å². The van der Waals surface area contributed by atoms with E-state index in [9.17, 15) is 19.5 Å². The first-order valence-electron chi connectivity index (χ1n) is 13.9. The van der Waals surface area contributed by atoms with E-state index < -0.39 is 5.97 Å². The molecule has 0 unspecified atom stereocenters. The van der Waals surface area contributed by atoms with Crippen LogP contribution in [0.1, 0.15) is 50.2 Å². The number of rotatable bonds is 13. The number of hydrogen-bond donors (Lipinski definition) is 3. The Hall–Kier alpha value is -3.93. The van der Waals surface area contributed by atoms with Crippen LogP contribution in [0.3, 0.4) is 0 Å². The minimum absolute atomic E-state index is 0.0652. The SMILES string of the molecule is CCCCOc1nc(N)c2[nH]c(=O)n(CCCN(Cc3cccc(CC(=O)O)c3)C(=O)C3CCN(C)CC3)c2n1. The molecule has 1 aliphatic heterocycles. The molecule has 12 nitrogen and oxygen atoms in total. The number of carbonyl (C=O) groups excluding carboxylic acids is 1. The molecule has 0 spiro atoms. The van der Waals surface area contributed by atoms with Gasteiger partial charge in [0.25, 0.3) is 0 Å². The molecule has 3 aromatic rings. The van der Waals surface area contributed by atoms with Crippen LogP contribution < -0.4 is 16.2 Å². The predicted molar refractivity (Wildman–Crippen MR) is 151 cm³/mol. The van der Waals surface area contributed by atoms with Gasteiger partial charge in [-0.15, -0.1) is 0 Å². The zero-order valence-electron chi connectivity index (χ0n) is 23.3. The Morgan fingerprint density at radius 3 is 2.67 bits per heavy atom. The summed E-state index contributed by atoms with van der Waals surface area (Å²) in [6.45, 7) is 5.36. The molecular formula is C28H39N7O5. The number of aryl methyl sites for hydroxylation is 1. The summed E-state index contributed by atoms with van der Waals surface area (Å²) in [5.41, 5.74) is 8.02. The van der Waals surface area contributed by atoms with Gasteiger partial charge in [0.15, 0.2) is 11.5 Å². The maximum absolute atomic E-state index is 13.6. The Morgan fingerprint density at radius 2 is 1.95 bits per heavy atom. The quantitative estimate of drug-likeness (QED) is 0.270. The molecule has 0 aliphatic carbocycles. The lowest BCUT2D eigenvalue weighted by atomic mass is 9.95. The molecule has 12 heteroatoms. The number of anilines is 1. The molecule has 1 amide bonds. The van der Waals surface area contributed by atoms with Gasteiger partial charge in [0.05, 0.1) is 13.0 Å². The first-order valence-corrected chi connectivity index (χ1v) is 13.9. The number of amides is 1. The molecule has 0 bridgehead atoms. The van der Waals surface area contributed by atoms with Gasteiger partial charge in [-0.05, 0) is 56.9 Å². The fourth-order valence-corrected chi connectivity index (χ4v) is 5.04. The van der Waals surface area contributed by atoms with E-state index in [-0.39, 0.29) is 35.8 Å². The number of aliphatic carboxylic acids is 1. The summed E-state index contributed by atoms with van der Waals surface area (Å²) in [5.74, 6) is -0.734. The highest BCUT2D eigenvalue weighted by Gasteiger charge is 2.28. The average Bonchev–Trinajstić information content (AvgIpc) is 3.23. The van der Waals surface area contributed by atoms with Crippen molar-refractivity contribution in [2.45, 2.75) is 58.5 Å².